The molecule has 8 nitrogen and oxygen atoms in total. The summed E-state index contributed by atoms with van der Waals surface area (Å²) in [4.78, 5) is 37.2. The lowest BCUT2D eigenvalue weighted by Crippen LogP contribution is -2.53. The van der Waals surface area contributed by atoms with Crippen molar-refractivity contribution in [1.29, 1.82) is 0 Å². The predicted octanol–water partition coefficient (Wildman–Crippen LogP) is 3.99. The second-order valence-electron chi connectivity index (χ2n) is 8.77. The van der Waals surface area contributed by atoms with Gasteiger partial charge in [0.15, 0.2) is 5.82 Å². The van der Waals surface area contributed by atoms with E-state index in [1.165, 1.54) is 12.1 Å². The molecule has 4 rings (SSSR count). The monoisotopic (exact) mass is 445 g/mol. The Morgan fingerprint density at radius 2 is 1.67 bits per heavy atom. The van der Waals surface area contributed by atoms with Crippen LogP contribution >= 0.6 is 0 Å². The van der Waals surface area contributed by atoms with E-state index in [-0.39, 0.29) is 11.6 Å². The van der Waals surface area contributed by atoms with Crippen LogP contribution < -0.4 is 4.90 Å². The number of hydrogen-bond donors (Lipinski definition) is 0. The molecular formula is C25H27N5O3. The Bertz CT molecular complexity index is 1170. The van der Waals surface area contributed by atoms with Crippen LogP contribution in [0.1, 0.15) is 25.1 Å². The van der Waals surface area contributed by atoms with Crippen molar-refractivity contribution in [3.05, 3.63) is 82.0 Å². The van der Waals surface area contributed by atoms with Gasteiger partial charge in [-0.25, -0.2) is 9.97 Å². The minimum Gasteiger partial charge on any atom is -0.353 e. The predicted molar refractivity (Wildman–Crippen MR) is 127 cm³/mol. The summed E-state index contributed by atoms with van der Waals surface area (Å²) >= 11 is 0. The zero-order valence-electron chi connectivity index (χ0n) is 19.1. The molecule has 170 valence electrons. The number of carbonyl (C=O) groups is 1. The van der Waals surface area contributed by atoms with Crippen molar-refractivity contribution in [3.8, 4) is 11.4 Å². The first-order chi connectivity index (χ1) is 15.8. The maximum Gasteiger partial charge on any atom is 0.270 e. The molecule has 2 heterocycles. The van der Waals surface area contributed by atoms with Gasteiger partial charge in [0.25, 0.3) is 5.69 Å². The van der Waals surface area contributed by atoms with Crippen LogP contribution in [-0.4, -0.2) is 51.9 Å². The van der Waals surface area contributed by atoms with Crippen LogP contribution in [0.3, 0.4) is 0 Å². The van der Waals surface area contributed by atoms with E-state index in [0.29, 0.717) is 37.6 Å². The zero-order chi connectivity index (χ0) is 23.6. The Hall–Kier alpha value is -3.81. The van der Waals surface area contributed by atoms with Gasteiger partial charge in [-0.3, -0.25) is 14.9 Å². The van der Waals surface area contributed by atoms with Crippen molar-refractivity contribution in [2.45, 2.75) is 26.2 Å². The van der Waals surface area contributed by atoms with E-state index >= 15 is 0 Å². The molecule has 1 aliphatic heterocycles. The first kappa shape index (κ1) is 22.4. The number of rotatable bonds is 5. The van der Waals surface area contributed by atoms with Gasteiger partial charge in [0.1, 0.15) is 5.82 Å². The number of aromatic nitrogens is 2. The lowest BCUT2D eigenvalue weighted by atomic mass is 9.83. The van der Waals surface area contributed by atoms with Gasteiger partial charge >= 0.3 is 0 Å². The van der Waals surface area contributed by atoms with Crippen LogP contribution in [0.15, 0.2) is 60.7 Å². The Morgan fingerprint density at radius 1 is 0.970 bits per heavy atom. The molecule has 1 aliphatic rings. The van der Waals surface area contributed by atoms with Gasteiger partial charge < -0.3 is 9.80 Å². The fourth-order valence-electron chi connectivity index (χ4n) is 4.11. The second kappa shape index (κ2) is 8.97. The molecule has 1 fully saturated rings. The van der Waals surface area contributed by atoms with E-state index in [1.54, 1.807) is 12.1 Å². The average molecular weight is 446 g/mol. The molecular weight excluding hydrogens is 418 g/mol. The number of carbonyl (C=O) groups excluding carboxylic acids is 1. The summed E-state index contributed by atoms with van der Waals surface area (Å²) in [6.45, 7) is 8.33. The Kier molecular flexibility index (Phi) is 6.09. The smallest absolute Gasteiger partial charge is 0.270 e. The molecule has 0 spiro atoms. The maximum atomic E-state index is 13.3. The van der Waals surface area contributed by atoms with Gasteiger partial charge in [0.05, 0.1) is 10.3 Å². The summed E-state index contributed by atoms with van der Waals surface area (Å²) in [5.74, 6) is 1.33. The highest BCUT2D eigenvalue weighted by Gasteiger charge is 2.35. The van der Waals surface area contributed by atoms with Crippen molar-refractivity contribution in [1.82, 2.24) is 14.9 Å². The average Bonchev–Trinajstić information content (AvgIpc) is 2.84. The molecule has 0 aliphatic carbocycles. The highest BCUT2D eigenvalue weighted by molar-refractivity contribution is 5.87. The van der Waals surface area contributed by atoms with Gasteiger partial charge in [0, 0.05) is 55.6 Å². The second-order valence-corrected chi connectivity index (χ2v) is 8.77. The van der Waals surface area contributed by atoms with Gasteiger partial charge in [-0.1, -0.05) is 42.5 Å². The number of piperazine rings is 1. The molecule has 1 aromatic heterocycles. The fraction of sp³-hybridized carbons (Fsp3) is 0.320. The van der Waals surface area contributed by atoms with E-state index in [0.717, 1.165) is 17.1 Å². The molecule has 2 aromatic carbocycles. The Morgan fingerprint density at radius 3 is 2.33 bits per heavy atom. The van der Waals surface area contributed by atoms with Crippen molar-refractivity contribution < 1.29 is 9.72 Å². The molecule has 1 amide bonds. The lowest BCUT2D eigenvalue weighted by molar-refractivity contribution is -0.384. The van der Waals surface area contributed by atoms with Crippen molar-refractivity contribution >= 4 is 17.4 Å². The zero-order valence-corrected chi connectivity index (χ0v) is 19.1. The van der Waals surface area contributed by atoms with Gasteiger partial charge in [-0.15, -0.1) is 0 Å². The highest BCUT2D eigenvalue weighted by Crippen LogP contribution is 2.28. The summed E-state index contributed by atoms with van der Waals surface area (Å²) in [6.07, 6.45) is 0. The van der Waals surface area contributed by atoms with Crippen molar-refractivity contribution in [2.75, 3.05) is 31.1 Å². The number of anilines is 1. The van der Waals surface area contributed by atoms with Crippen molar-refractivity contribution in [2.24, 2.45) is 0 Å². The summed E-state index contributed by atoms with van der Waals surface area (Å²) in [5, 5.41) is 11.1. The number of amides is 1. The highest BCUT2D eigenvalue weighted by atomic mass is 16.6. The van der Waals surface area contributed by atoms with Gasteiger partial charge in [-0.05, 0) is 26.3 Å². The topological polar surface area (TPSA) is 92.5 Å². The van der Waals surface area contributed by atoms with Crippen LogP contribution in [-0.2, 0) is 10.2 Å². The molecule has 0 radical (unpaired) electrons. The Labute approximate surface area is 193 Å². The van der Waals surface area contributed by atoms with Gasteiger partial charge in [-0.2, -0.15) is 0 Å². The lowest BCUT2D eigenvalue weighted by Gasteiger charge is -2.39. The van der Waals surface area contributed by atoms with Crippen LogP contribution in [0.25, 0.3) is 11.4 Å². The number of non-ortho nitro benzene ring substituents is 1. The van der Waals surface area contributed by atoms with Crippen LogP contribution in [0.2, 0.25) is 0 Å². The first-order valence-corrected chi connectivity index (χ1v) is 11.0. The third-order valence-corrected chi connectivity index (χ3v) is 6.08. The molecule has 1 saturated heterocycles. The van der Waals surface area contributed by atoms with E-state index in [2.05, 4.69) is 14.9 Å². The number of nitrogens with zero attached hydrogens (tertiary/aromatic N) is 5. The van der Waals surface area contributed by atoms with Crippen LogP contribution in [0, 0.1) is 17.0 Å². The Balaban J connectivity index is 1.50. The number of benzene rings is 2. The fourth-order valence-corrected chi connectivity index (χ4v) is 4.11. The van der Waals surface area contributed by atoms with E-state index in [4.69, 9.17) is 0 Å². The standard InChI is InChI=1S/C25H27N5O3/c1-18-16-22(27-23(26-18)19-8-7-11-21(17-19)30(32)33)28-12-14-29(15-13-28)24(31)25(2,3)20-9-5-4-6-10-20/h4-11,16-17H,12-15H2,1-3H3. The van der Waals surface area contributed by atoms with Gasteiger partial charge in [0.2, 0.25) is 5.91 Å². The van der Waals surface area contributed by atoms with Crippen LogP contribution in [0.4, 0.5) is 11.5 Å². The summed E-state index contributed by atoms with van der Waals surface area (Å²) in [5.41, 5.74) is 1.81. The summed E-state index contributed by atoms with van der Waals surface area (Å²) in [6, 6.07) is 18.1. The number of nitro groups is 1. The largest absolute Gasteiger partial charge is 0.353 e. The molecule has 0 atom stereocenters. The number of aryl methyl sites for hydroxylation is 1. The summed E-state index contributed by atoms with van der Waals surface area (Å²) < 4.78 is 0. The number of hydrogen-bond acceptors (Lipinski definition) is 6. The molecule has 3 aromatic rings. The third kappa shape index (κ3) is 4.69. The van der Waals surface area contributed by atoms with Crippen LogP contribution in [0.5, 0.6) is 0 Å². The minimum absolute atomic E-state index is 0.00677. The third-order valence-electron chi connectivity index (χ3n) is 6.08. The molecule has 33 heavy (non-hydrogen) atoms. The van der Waals surface area contributed by atoms with E-state index in [9.17, 15) is 14.9 Å². The maximum absolute atomic E-state index is 13.3. The quantitative estimate of drug-likeness (QED) is 0.436. The molecule has 0 saturated carbocycles. The SMILES string of the molecule is Cc1cc(N2CCN(C(=O)C(C)(C)c3ccccc3)CC2)nc(-c2cccc([N+](=O)[O-])c2)n1. The minimum atomic E-state index is -0.593. The molecule has 8 heteroatoms. The first-order valence-electron chi connectivity index (χ1n) is 11.0. The summed E-state index contributed by atoms with van der Waals surface area (Å²) in [7, 11) is 0. The molecule has 0 bridgehead atoms. The number of nitro benzene ring substituents is 1. The molecule has 0 unspecified atom stereocenters. The van der Waals surface area contributed by atoms with E-state index in [1.807, 2.05) is 62.1 Å². The van der Waals surface area contributed by atoms with Crippen molar-refractivity contribution in [3.63, 3.8) is 0 Å². The normalized spacial score (nSPS) is 14.3. The molecule has 0 N–H and O–H groups in total. The van der Waals surface area contributed by atoms with E-state index < -0.39 is 10.3 Å².